The highest BCUT2D eigenvalue weighted by Gasteiger charge is 2.51. The predicted molar refractivity (Wildman–Crippen MR) is 94.8 cm³/mol. The van der Waals surface area contributed by atoms with Crippen LogP contribution in [0.4, 0.5) is 0 Å². The van der Waals surface area contributed by atoms with Gasteiger partial charge in [-0.25, -0.2) is 0 Å². The summed E-state index contributed by atoms with van der Waals surface area (Å²) in [4.78, 5) is 15.2. The Morgan fingerprint density at radius 2 is 2.08 bits per heavy atom. The number of aromatic nitrogens is 2. The smallest absolute Gasteiger partial charge is 0.252 e. The van der Waals surface area contributed by atoms with E-state index < -0.39 is 0 Å². The van der Waals surface area contributed by atoms with E-state index in [9.17, 15) is 4.79 Å². The predicted octanol–water partition coefficient (Wildman–Crippen LogP) is 2.90. The van der Waals surface area contributed by atoms with Crippen molar-refractivity contribution in [1.29, 1.82) is 0 Å². The first-order valence-electron chi connectivity index (χ1n) is 9.01. The van der Waals surface area contributed by atoms with E-state index in [0.29, 0.717) is 6.61 Å². The van der Waals surface area contributed by atoms with Crippen molar-refractivity contribution in [3.63, 3.8) is 0 Å². The van der Waals surface area contributed by atoms with Gasteiger partial charge in [0.1, 0.15) is 6.10 Å². The lowest BCUT2D eigenvalue weighted by molar-refractivity contribution is -0.164. The molecule has 0 bridgehead atoms. The Bertz CT molecular complexity index is 727. The number of amides is 1. The van der Waals surface area contributed by atoms with Crippen molar-refractivity contribution >= 4 is 5.91 Å². The zero-order chi connectivity index (χ0) is 17.4. The van der Waals surface area contributed by atoms with Crippen molar-refractivity contribution in [2.45, 2.75) is 39.0 Å². The van der Waals surface area contributed by atoms with Crippen LogP contribution in [-0.4, -0.2) is 39.8 Å². The third-order valence-corrected chi connectivity index (χ3v) is 5.47. The number of hydrogen-bond acceptors (Lipinski definition) is 3. The van der Waals surface area contributed by atoms with E-state index in [1.165, 1.54) is 5.56 Å². The minimum Gasteiger partial charge on any atom is -0.368 e. The molecular formula is C20H25N3O2. The lowest BCUT2D eigenvalue weighted by Gasteiger charge is -2.55. The summed E-state index contributed by atoms with van der Waals surface area (Å²) in [5, 5.41) is 4.27. The van der Waals surface area contributed by atoms with Gasteiger partial charge in [0.25, 0.3) is 5.91 Å². The molecule has 4 rings (SSSR count). The molecule has 1 amide bonds. The van der Waals surface area contributed by atoms with E-state index in [-0.39, 0.29) is 29.4 Å². The van der Waals surface area contributed by atoms with Crippen LogP contribution < -0.4 is 0 Å². The number of likely N-dealkylation sites (tertiary alicyclic amines) is 1. The molecular weight excluding hydrogens is 314 g/mol. The average molecular weight is 339 g/mol. The lowest BCUT2D eigenvalue weighted by Crippen LogP contribution is -2.60. The van der Waals surface area contributed by atoms with Gasteiger partial charge in [-0.1, -0.05) is 44.2 Å². The summed E-state index contributed by atoms with van der Waals surface area (Å²) >= 11 is 0. The number of hydrogen-bond donors (Lipinski definition) is 0. The summed E-state index contributed by atoms with van der Waals surface area (Å²) in [7, 11) is 0. The number of ether oxygens (including phenoxy) is 1. The quantitative estimate of drug-likeness (QED) is 0.860. The van der Waals surface area contributed by atoms with Gasteiger partial charge in [-0.3, -0.25) is 9.48 Å². The summed E-state index contributed by atoms with van der Waals surface area (Å²) in [5.74, 6) is 0.315. The SMILES string of the molecule is CC1(C)CN(C(=O)[C@@H]2OCC[C@@H]2Cn2cccn2)C1c1ccccc1. The van der Waals surface area contributed by atoms with Crippen molar-refractivity contribution in [3.8, 4) is 0 Å². The molecule has 0 aliphatic carbocycles. The van der Waals surface area contributed by atoms with Gasteiger partial charge in [0.2, 0.25) is 0 Å². The van der Waals surface area contributed by atoms with Gasteiger partial charge in [-0.2, -0.15) is 5.10 Å². The van der Waals surface area contributed by atoms with E-state index in [4.69, 9.17) is 4.74 Å². The van der Waals surface area contributed by atoms with E-state index in [0.717, 1.165) is 19.5 Å². The molecule has 2 fully saturated rings. The number of benzene rings is 1. The average Bonchev–Trinajstić information content (AvgIpc) is 3.25. The van der Waals surface area contributed by atoms with Gasteiger partial charge in [0, 0.05) is 43.4 Å². The molecule has 25 heavy (non-hydrogen) atoms. The molecule has 132 valence electrons. The van der Waals surface area contributed by atoms with E-state index >= 15 is 0 Å². The van der Waals surface area contributed by atoms with Gasteiger partial charge in [0.05, 0.1) is 6.04 Å². The molecule has 0 N–H and O–H groups in total. The molecule has 2 saturated heterocycles. The zero-order valence-electron chi connectivity index (χ0n) is 14.8. The molecule has 2 aliphatic rings. The number of nitrogens with zero attached hydrogens (tertiary/aromatic N) is 3. The first-order valence-corrected chi connectivity index (χ1v) is 9.01. The molecule has 3 heterocycles. The standard InChI is InChI=1S/C20H25N3O2/c1-20(2)14-23(18(20)15-7-4-3-5-8-15)19(24)17-16(9-12-25-17)13-22-11-6-10-21-22/h3-8,10-11,16-18H,9,12-14H2,1-2H3/t16-,17-,18?/m1/s1. The van der Waals surface area contributed by atoms with Crippen LogP contribution in [0.15, 0.2) is 48.8 Å². The molecule has 0 saturated carbocycles. The van der Waals surface area contributed by atoms with Crippen molar-refractivity contribution < 1.29 is 9.53 Å². The Balaban J connectivity index is 1.51. The van der Waals surface area contributed by atoms with Crippen molar-refractivity contribution in [3.05, 3.63) is 54.4 Å². The maximum atomic E-state index is 13.2. The highest BCUT2D eigenvalue weighted by molar-refractivity contribution is 5.83. The van der Waals surface area contributed by atoms with Crippen LogP contribution in [0.3, 0.4) is 0 Å². The van der Waals surface area contributed by atoms with Crippen LogP contribution in [0.1, 0.15) is 31.9 Å². The van der Waals surface area contributed by atoms with Crippen molar-refractivity contribution in [1.82, 2.24) is 14.7 Å². The van der Waals surface area contributed by atoms with Crippen LogP contribution >= 0.6 is 0 Å². The summed E-state index contributed by atoms with van der Waals surface area (Å²) in [6, 6.07) is 12.4. The molecule has 5 nitrogen and oxygen atoms in total. The second-order valence-corrected chi connectivity index (χ2v) is 7.84. The molecule has 1 unspecified atom stereocenters. The molecule has 1 aromatic heterocycles. The summed E-state index contributed by atoms with van der Waals surface area (Å²) in [5.41, 5.74) is 1.29. The molecule has 2 aliphatic heterocycles. The first-order chi connectivity index (χ1) is 12.1. The minimum atomic E-state index is -0.355. The fourth-order valence-electron chi connectivity index (χ4n) is 4.30. The third kappa shape index (κ3) is 2.97. The Hall–Kier alpha value is -2.14. The molecule has 1 aromatic carbocycles. The molecule has 0 spiro atoms. The first kappa shape index (κ1) is 16.3. The second-order valence-electron chi connectivity index (χ2n) is 7.84. The number of carbonyl (C=O) groups is 1. The van der Waals surface area contributed by atoms with E-state index in [2.05, 4.69) is 31.1 Å². The Kier molecular flexibility index (Phi) is 4.12. The van der Waals surface area contributed by atoms with Gasteiger partial charge in [-0.15, -0.1) is 0 Å². The van der Waals surface area contributed by atoms with Crippen LogP contribution in [0.2, 0.25) is 0 Å². The van der Waals surface area contributed by atoms with Crippen molar-refractivity contribution in [2.75, 3.05) is 13.2 Å². The lowest BCUT2D eigenvalue weighted by atomic mass is 9.71. The normalized spacial score (nSPS) is 27.9. The highest BCUT2D eigenvalue weighted by atomic mass is 16.5. The van der Waals surface area contributed by atoms with E-state index in [1.54, 1.807) is 6.20 Å². The summed E-state index contributed by atoms with van der Waals surface area (Å²) in [6.07, 6.45) is 4.27. The zero-order valence-corrected chi connectivity index (χ0v) is 14.8. The topological polar surface area (TPSA) is 47.4 Å². The van der Waals surface area contributed by atoms with Gasteiger partial charge in [0.15, 0.2) is 0 Å². The number of rotatable bonds is 4. The molecule has 5 heteroatoms. The van der Waals surface area contributed by atoms with Crippen LogP contribution in [0.5, 0.6) is 0 Å². The van der Waals surface area contributed by atoms with Gasteiger partial charge in [-0.05, 0) is 18.1 Å². The fourth-order valence-corrected chi connectivity index (χ4v) is 4.30. The van der Waals surface area contributed by atoms with Crippen LogP contribution in [0, 0.1) is 11.3 Å². The third-order valence-electron chi connectivity index (χ3n) is 5.47. The van der Waals surface area contributed by atoms with E-state index in [1.807, 2.05) is 40.0 Å². The highest BCUT2D eigenvalue weighted by Crippen LogP contribution is 2.49. The monoisotopic (exact) mass is 339 g/mol. The van der Waals surface area contributed by atoms with Gasteiger partial charge >= 0.3 is 0 Å². The summed E-state index contributed by atoms with van der Waals surface area (Å²) < 4.78 is 7.75. The minimum absolute atomic E-state index is 0.0904. The fraction of sp³-hybridized carbons (Fsp3) is 0.500. The maximum absolute atomic E-state index is 13.2. The summed E-state index contributed by atoms with van der Waals surface area (Å²) in [6.45, 7) is 6.61. The second kappa shape index (κ2) is 6.30. The molecule has 0 radical (unpaired) electrons. The molecule has 3 atom stereocenters. The van der Waals surface area contributed by atoms with Gasteiger partial charge < -0.3 is 9.64 Å². The largest absolute Gasteiger partial charge is 0.368 e. The maximum Gasteiger partial charge on any atom is 0.252 e. The Morgan fingerprint density at radius 1 is 1.28 bits per heavy atom. The van der Waals surface area contributed by atoms with Crippen LogP contribution in [-0.2, 0) is 16.1 Å². The Morgan fingerprint density at radius 3 is 2.76 bits per heavy atom. The van der Waals surface area contributed by atoms with Crippen LogP contribution in [0.25, 0.3) is 0 Å². The van der Waals surface area contributed by atoms with Crippen molar-refractivity contribution in [2.24, 2.45) is 11.3 Å². The molecule has 2 aromatic rings. The number of carbonyl (C=O) groups excluding carboxylic acids is 1. The Labute approximate surface area is 148 Å².